The van der Waals surface area contributed by atoms with Gasteiger partial charge in [0, 0.05) is 25.2 Å². The van der Waals surface area contributed by atoms with Crippen LogP contribution in [-0.2, 0) is 19.1 Å². The summed E-state index contributed by atoms with van der Waals surface area (Å²) in [4.78, 5) is 48.2. The van der Waals surface area contributed by atoms with Gasteiger partial charge in [-0.1, -0.05) is 0 Å². The van der Waals surface area contributed by atoms with Gasteiger partial charge in [0.05, 0.1) is 30.2 Å². The molecule has 0 bridgehead atoms. The summed E-state index contributed by atoms with van der Waals surface area (Å²) in [7, 11) is 1.34. The van der Waals surface area contributed by atoms with Gasteiger partial charge in [-0.3, -0.25) is 24.5 Å². The fourth-order valence-corrected chi connectivity index (χ4v) is 2.84. The van der Waals surface area contributed by atoms with Crippen LogP contribution in [0.2, 0.25) is 0 Å². The molecule has 0 radical (unpaired) electrons. The van der Waals surface area contributed by atoms with Crippen molar-refractivity contribution >= 4 is 29.2 Å². The average Bonchev–Trinajstić information content (AvgIpc) is 2.67. The number of hydrogen-bond acceptors (Lipinski definition) is 7. The van der Waals surface area contributed by atoms with E-state index in [1.165, 1.54) is 24.1 Å². The Balaban J connectivity index is 2.09. The molecule has 0 saturated carbocycles. The highest BCUT2D eigenvalue weighted by atomic mass is 16.6. The van der Waals surface area contributed by atoms with Gasteiger partial charge < -0.3 is 19.7 Å². The fraction of sp³-hybridized carbons (Fsp3) is 0.471. The summed E-state index contributed by atoms with van der Waals surface area (Å²) in [6.07, 6.45) is 1.16. The quantitative estimate of drug-likeness (QED) is 0.354. The maximum atomic E-state index is 12.4. The van der Waals surface area contributed by atoms with E-state index in [0.717, 1.165) is 6.07 Å². The highest BCUT2D eigenvalue weighted by Gasteiger charge is 2.32. The van der Waals surface area contributed by atoms with E-state index in [0.29, 0.717) is 19.4 Å². The van der Waals surface area contributed by atoms with Crippen LogP contribution in [0.4, 0.5) is 11.4 Å². The van der Waals surface area contributed by atoms with E-state index in [1.54, 1.807) is 6.92 Å². The third-order valence-electron chi connectivity index (χ3n) is 4.16. The number of amides is 2. The molecule has 1 saturated heterocycles. The van der Waals surface area contributed by atoms with Gasteiger partial charge in [-0.15, -0.1) is 0 Å². The Morgan fingerprint density at radius 3 is 2.74 bits per heavy atom. The van der Waals surface area contributed by atoms with Crippen molar-refractivity contribution in [2.24, 2.45) is 5.92 Å². The van der Waals surface area contributed by atoms with Crippen molar-refractivity contribution in [3.63, 3.8) is 0 Å². The number of non-ortho nitro benzene ring substituents is 1. The molecule has 1 aromatic carbocycles. The number of rotatable bonds is 5. The van der Waals surface area contributed by atoms with Gasteiger partial charge in [-0.2, -0.15) is 0 Å². The van der Waals surface area contributed by atoms with E-state index in [9.17, 15) is 24.5 Å². The first-order valence-corrected chi connectivity index (χ1v) is 8.46. The number of methoxy groups -OCH3 is 1. The van der Waals surface area contributed by atoms with Gasteiger partial charge in [-0.25, -0.2) is 0 Å². The molecule has 1 aliphatic heterocycles. The third-order valence-corrected chi connectivity index (χ3v) is 4.16. The molecule has 10 nitrogen and oxygen atoms in total. The molecule has 0 aromatic heterocycles. The Bertz CT molecular complexity index is 750. The largest absolute Gasteiger partial charge is 0.495 e. The van der Waals surface area contributed by atoms with Crippen LogP contribution in [0.15, 0.2) is 18.2 Å². The van der Waals surface area contributed by atoms with Gasteiger partial charge in [-0.05, 0) is 25.8 Å². The molecule has 0 aliphatic carbocycles. The van der Waals surface area contributed by atoms with Crippen molar-refractivity contribution < 1.29 is 28.8 Å². The maximum absolute atomic E-state index is 12.4. The van der Waals surface area contributed by atoms with Crippen molar-refractivity contribution in [1.29, 1.82) is 0 Å². The first kappa shape index (κ1) is 20.1. The van der Waals surface area contributed by atoms with Crippen LogP contribution in [0.1, 0.15) is 19.8 Å². The van der Waals surface area contributed by atoms with Crippen LogP contribution in [-0.4, -0.2) is 54.4 Å². The molecule has 27 heavy (non-hydrogen) atoms. The first-order valence-electron chi connectivity index (χ1n) is 8.46. The Kier molecular flexibility index (Phi) is 6.69. The predicted octanol–water partition coefficient (Wildman–Crippen LogP) is 1.34. The summed E-state index contributed by atoms with van der Waals surface area (Å²) >= 11 is 0. The van der Waals surface area contributed by atoms with E-state index in [-0.39, 0.29) is 30.3 Å². The topological polar surface area (TPSA) is 128 Å². The van der Waals surface area contributed by atoms with Gasteiger partial charge in [0.15, 0.2) is 0 Å². The van der Waals surface area contributed by atoms with Crippen molar-refractivity contribution in [3.05, 3.63) is 28.3 Å². The molecule has 0 spiro atoms. The molecule has 2 rings (SSSR count). The second-order valence-corrected chi connectivity index (χ2v) is 5.94. The van der Waals surface area contributed by atoms with E-state index in [1.807, 2.05) is 0 Å². The summed E-state index contributed by atoms with van der Waals surface area (Å²) in [6.45, 7) is 2.38. The molecule has 1 atom stereocenters. The lowest BCUT2D eigenvalue weighted by Crippen LogP contribution is -2.47. The number of nitro benzene ring substituents is 1. The minimum absolute atomic E-state index is 0.0176. The number of benzene rings is 1. The summed E-state index contributed by atoms with van der Waals surface area (Å²) in [5.41, 5.74) is -0.233. The second kappa shape index (κ2) is 8.97. The number of anilines is 1. The lowest BCUT2D eigenvalue weighted by molar-refractivity contribution is -0.384. The SMILES string of the molecule is CCOC(=O)C1CCCN(C(=O)C(=O)Nc2cc([N+](=O)[O-])ccc2OC)C1. The first-order chi connectivity index (χ1) is 12.9. The molecule has 1 aliphatic rings. The average molecular weight is 379 g/mol. The van der Waals surface area contributed by atoms with Gasteiger partial charge in [0.25, 0.3) is 5.69 Å². The number of ether oxygens (including phenoxy) is 2. The summed E-state index contributed by atoms with van der Waals surface area (Å²) in [5, 5.41) is 13.3. The van der Waals surface area contributed by atoms with Crippen LogP contribution in [0.3, 0.4) is 0 Å². The van der Waals surface area contributed by atoms with Crippen molar-refractivity contribution in [3.8, 4) is 5.75 Å². The van der Waals surface area contributed by atoms with Crippen LogP contribution >= 0.6 is 0 Å². The molecule has 1 unspecified atom stereocenters. The fourth-order valence-electron chi connectivity index (χ4n) is 2.84. The zero-order valence-corrected chi connectivity index (χ0v) is 15.1. The van der Waals surface area contributed by atoms with Crippen LogP contribution < -0.4 is 10.1 Å². The highest BCUT2D eigenvalue weighted by Crippen LogP contribution is 2.29. The van der Waals surface area contributed by atoms with Gasteiger partial charge in [0.1, 0.15) is 5.75 Å². The molecule has 2 amide bonds. The number of hydrogen-bond donors (Lipinski definition) is 1. The molecule has 1 fully saturated rings. The molecule has 10 heteroatoms. The number of carbonyl (C=O) groups excluding carboxylic acids is 3. The van der Waals surface area contributed by atoms with Crippen molar-refractivity contribution in [1.82, 2.24) is 4.90 Å². The Morgan fingerprint density at radius 2 is 2.11 bits per heavy atom. The normalized spacial score (nSPS) is 16.4. The van der Waals surface area contributed by atoms with Crippen molar-refractivity contribution in [2.75, 3.05) is 32.1 Å². The van der Waals surface area contributed by atoms with Crippen molar-refractivity contribution in [2.45, 2.75) is 19.8 Å². The summed E-state index contributed by atoms with van der Waals surface area (Å²) in [6, 6.07) is 3.67. The van der Waals surface area contributed by atoms with Crippen LogP contribution in [0.5, 0.6) is 5.75 Å². The molecular weight excluding hydrogens is 358 g/mol. The molecule has 146 valence electrons. The number of nitrogens with one attached hydrogen (secondary N) is 1. The Hall–Kier alpha value is -3.17. The Morgan fingerprint density at radius 1 is 1.37 bits per heavy atom. The minimum atomic E-state index is -0.960. The maximum Gasteiger partial charge on any atom is 0.314 e. The summed E-state index contributed by atoms with van der Waals surface area (Å²) < 4.78 is 10.0. The van der Waals surface area contributed by atoms with E-state index >= 15 is 0 Å². The number of nitrogens with zero attached hydrogens (tertiary/aromatic N) is 2. The standard InChI is InChI=1S/C17H21N3O7/c1-3-27-17(23)11-5-4-8-19(10-11)16(22)15(21)18-13-9-12(20(24)25)6-7-14(13)26-2/h6-7,9,11H,3-5,8,10H2,1-2H3,(H,18,21). The summed E-state index contributed by atoms with van der Waals surface area (Å²) in [5.74, 6) is -2.46. The zero-order chi connectivity index (χ0) is 20.0. The smallest absolute Gasteiger partial charge is 0.314 e. The van der Waals surface area contributed by atoms with Gasteiger partial charge >= 0.3 is 17.8 Å². The molecule has 1 N–H and O–H groups in total. The third kappa shape index (κ3) is 4.93. The predicted molar refractivity (Wildman–Crippen MR) is 94.2 cm³/mol. The number of esters is 1. The minimum Gasteiger partial charge on any atom is -0.495 e. The molecular formula is C17H21N3O7. The van der Waals surface area contributed by atoms with Crippen LogP contribution in [0, 0.1) is 16.0 Å². The second-order valence-electron chi connectivity index (χ2n) is 5.94. The number of carbonyl (C=O) groups is 3. The monoisotopic (exact) mass is 379 g/mol. The lowest BCUT2D eigenvalue weighted by Gasteiger charge is -2.31. The number of nitro groups is 1. The van der Waals surface area contributed by atoms with E-state index in [2.05, 4.69) is 5.32 Å². The van der Waals surface area contributed by atoms with Crippen LogP contribution in [0.25, 0.3) is 0 Å². The number of likely N-dealkylation sites (tertiary alicyclic amines) is 1. The van der Waals surface area contributed by atoms with Gasteiger partial charge in [0.2, 0.25) is 0 Å². The lowest BCUT2D eigenvalue weighted by atomic mass is 9.98. The number of piperidine rings is 1. The van der Waals surface area contributed by atoms with E-state index in [4.69, 9.17) is 9.47 Å². The zero-order valence-electron chi connectivity index (χ0n) is 15.1. The molecule has 1 aromatic rings. The highest BCUT2D eigenvalue weighted by molar-refractivity contribution is 6.39. The molecule has 1 heterocycles. The van der Waals surface area contributed by atoms with E-state index < -0.39 is 28.6 Å². The Labute approximate surface area is 155 Å².